The van der Waals surface area contributed by atoms with Gasteiger partial charge in [-0.25, -0.2) is 9.97 Å². The maximum atomic E-state index is 13.4. The number of aromatic nitrogens is 3. The molecule has 3 aromatic heterocycles. The first-order valence-electron chi connectivity index (χ1n) is 12.3. The summed E-state index contributed by atoms with van der Waals surface area (Å²) < 4.78 is 2.63. The van der Waals surface area contributed by atoms with Gasteiger partial charge < -0.3 is 21.5 Å². The molecule has 4 rings (SSSR count). The van der Waals surface area contributed by atoms with Gasteiger partial charge in [0, 0.05) is 18.2 Å². The Labute approximate surface area is 220 Å². The van der Waals surface area contributed by atoms with E-state index in [0.29, 0.717) is 46.6 Å². The van der Waals surface area contributed by atoms with E-state index < -0.39 is 5.41 Å². The van der Waals surface area contributed by atoms with Crippen LogP contribution >= 0.6 is 11.3 Å². The average Bonchev–Trinajstić information content (AvgIpc) is 3.41. The summed E-state index contributed by atoms with van der Waals surface area (Å²) >= 11 is 1.40. The molecule has 196 valence electrons. The molecule has 0 radical (unpaired) electrons. The van der Waals surface area contributed by atoms with Gasteiger partial charge in [-0.05, 0) is 42.2 Å². The van der Waals surface area contributed by atoms with Crippen molar-refractivity contribution in [2.75, 3.05) is 12.3 Å². The first-order valence-corrected chi connectivity index (χ1v) is 13.2. The average molecular weight is 523 g/mol. The van der Waals surface area contributed by atoms with Gasteiger partial charge in [-0.2, -0.15) is 0 Å². The second-order valence-electron chi connectivity index (χ2n) is 10.7. The maximum Gasteiger partial charge on any atom is 0.270 e. The number of nitrogens with one attached hydrogen (secondary N) is 2. The monoisotopic (exact) mass is 522 g/mol. The molecule has 5 N–H and O–H groups in total. The van der Waals surface area contributed by atoms with Gasteiger partial charge in [-0.3, -0.25) is 14.0 Å². The van der Waals surface area contributed by atoms with Crippen LogP contribution in [0.3, 0.4) is 0 Å². The SMILES string of the molecule is CC(C)C[C@@H](CO)NC(=O)c1c(C(C)(C)C)nc2c(C(=O)NCc3ccc4nc(N)sc4c3)cccn12. The molecule has 0 spiro atoms. The van der Waals surface area contributed by atoms with Crippen LogP contribution in [0, 0.1) is 5.92 Å². The summed E-state index contributed by atoms with van der Waals surface area (Å²) in [6, 6.07) is 8.83. The lowest BCUT2D eigenvalue weighted by molar-refractivity contribution is 0.0898. The van der Waals surface area contributed by atoms with Crippen molar-refractivity contribution in [3.8, 4) is 0 Å². The van der Waals surface area contributed by atoms with E-state index in [-0.39, 0.29) is 24.5 Å². The van der Waals surface area contributed by atoms with Crippen LogP contribution in [0.15, 0.2) is 36.5 Å². The Morgan fingerprint density at radius 2 is 1.92 bits per heavy atom. The summed E-state index contributed by atoms with van der Waals surface area (Å²) in [6.07, 6.45) is 2.39. The first-order chi connectivity index (χ1) is 17.5. The van der Waals surface area contributed by atoms with Crippen LogP contribution in [0.25, 0.3) is 15.9 Å². The number of thiazole rings is 1. The van der Waals surface area contributed by atoms with Crippen molar-refractivity contribution in [3.63, 3.8) is 0 Å². The predicted molar refractivity (Wildman–Crippen MR) is 147 cm³/mol. The molecule has 0 saturated heterocycles. The Bertz CT molecular complexity index is 1450. The fourth-order valence-corrected chi connectivity index (χ4v) is 5.16. The molecule has 0 fully saturated rings. The Morgan fingerprint density at radius 1 is 1.16 bits per heavy atom. The quantitative estimate of drug-likeness (QED) is 0.277. The third-order valence-electron chi connectivity index (χ3n) is 6.05. The van der Waals surface area contributed by atoms with E-state index in [0.717, 1.165) is 15.8 Å². The van der Waals surface area contributed by atoms with Gasteiger partial charge in [0.2, 0.25) is 0 Å². The number of rotatable bonds is 8. The number of hydrogen-bond donors (Lipinski definition) is 4. The number of anilines is 1. The van der Waals surface area contributed by atoms with Crippen molar-refractivity contribution >= 4 is 44.1 Å². The Balaban J connectivity index is 1.64. The summed E-state index contributed by atoms with van der Waals surface area (Å²) in [5, 5.41) is 16.2. The third-order valence-corrected chi connectivity index (χ3v) is 6.90. The van der Waals surface area contributed by atoms with Crippen LogP contribution in [0.4, 0.5) is 5.13 Å². The van der Waals surface area contributed by atoms with Gasteiger partial charge in [0.05, 0.1) is 34.1 Å². The number of imidazole rings is 1. The molecule has 0 bridgehead atoms. The number of nitrogens with two attached hydrogens (primary N) is 1. The highest BCUT2D eigenvalue weighted by Gasteiger charge is 2.30. The van der Waals surface area contributed by atoms with E-state index in [1.807, 2.05) is 52.8 Å². The molecule has 1 aromatic carbocycles. The number of carbonyl (C=O) groups is 2. The summed E-state index contributed by atoms with van der Waals surface area (Å²) in [5.74, 6) is -0.307. The number of benzene rings is 1. The zero-order valence-electron chi connectivity index (χ0n) is 21.8. The smallest absolute Gasteiger partial charge is 0.270 e. The molecule has 0 unspecified atom stereocenters. The molecule has 0 aliphatic heterocycles. The van der Waals surface area contributed by atoms with Gasteiger partial charge in [0.1, 0.15) is 5.69 Å². The Hall–Kier alpha value is -3.50. The molecule has 2 amide bonds. The standard InChI is InChI=1S/C27H34N6O3S/c1-15(2)11-17(14-34)30-25(36)21-22(27(3,4)5)32-23-18(7-6-10-33(21)23)24(35)29-13-16-8-9-19-20(12-16)37-26(28)31-19/h6-10,12,15,17,34H,11,13-14H2,1-5H3,(H2,28,31)(H,29,35)(H,30,36)/t17-/m0/s1. The highest BCUT2D eigenvalue weighted by Crippen LogP contribution is 2.28. The number of carbonyl (C=O) groups excluding carboxylic acids is 2. The molecule has 9 nitrogen and oxygen atoms in total. The number of aliphatic hydroxyl groups is 1. The minimum Gasteiger partial charge on any atom is -0.394 e. The van der Waals surface area contributed by atoms with Gasteiger partial charge >= 0.3 is 0 Å². The number of amides is 2. The van der Waals surface area contributed by atoms with Crippen molar-refractivity contribution in [1.29, 1.82) is 0 Å². The van der Waals surface area contributed by atoms with Crippen LogP contribution in [0.5, 0.6) is 0 Å². The van der Waals surface area contributed by atoms with Crippen molar-refractivity contribution in [2.24, 2.45) is 5.92 Å². The van der Waals surface area contributed by atoms with E-state index in [1.165, 1.54) is 11.3 Å². The number of fused-ring (bicyclic) bond motifs is 2. The summed E-state index contributed by atoms with van der Waals surface area (Å²) in [7, 11) is 0. The summed E-state index contributed by atoms with van der Waals surface area (Å²) in [4.78, 5) is 35.7. The third kappa shape index (κ3) is 5.75. The van der Waals surface area contributed by atoms with Gasteiger partial charge in [0.25, 0.3) is 11.8 Å². The summed E-state index contributed by atoms with van der Waals surface area (Å²) in [5.41, 5.74) is 8.83. The van der Waals surface area contributed by atoms with Gasteiger partial charge in [0.15, 0.2) is 10.8 Å². The van der Waals surface area contributed by atoms with Crippen LogP contribution in [0.1, 0.15) is 73.1 Å². The molecular weight excluding hydrogens is 488 g/mol. The molecule has 37 heavy (non-hydrogen) atoms. The fraction of sp³-hybridized carbons (Fsp3) is 0.407. The molecule has 0 aliphatic carbocycles. The normalized spacial score (nSPS) is 12.8. The highest BCUT2D eigenvalue weighted by molar-refractivity contribution is 7.22. The number of nitrogens with zero attached hydrogens (tertiary/aromatic N) is 3. The van der Waals surface area contributed by atoms with Crippen molar-refractivity contribution in [2.45, 2.75) is 59.0 Å². The molecule has 0 aliphatic rings. The van der Waals surface area contributed by atoms with Crippen molar-refractivity contribution in [3.05, 3.63) is 59.0 Å². The molecule has 10 heteroatoms. The lowest BCUT2D eigenvalue weighted by atomic mass is 9.90. The minimum absolute atomic E-state index is 0.154. The molecule has 3 heterocycles. The summed E-state index contributed by atoms with van der Waals surface area (Å²) in [6.45, 7) is 10.2. The van der Waals surface area contributed by atoms with Gasteiger partial charge in [-0.15, -0.1) is 0 Å². The lowest BCUT2D eigenvalue weighted by Crippen LogP contribution is -2.39. The number of aliphatic hydroxyl groups excluding tert-OH is 1. The lowest BCUT2D eigenvalue weighted by Gasteiger charge is -2.21. The minimum atomic E-state index is -0.453. The van der Waals surface area contributed by atoms with E-state index in [9.17, 15) is 14.7 Å². The van der Waals surface area contributed by atoms with E-state index in [4.69, 9.17) is 10.7 Å². The molecule has 1 atom stereocenters. The van der Waals surface area contributed by atoms with Crippen LogP contribution < -0.4 is 16.4 Å². The second-order valence-corrected chi connectivity index (χ2v) is 11.8. The van der Waals surface area contributed by atoms with Gasteiger partial charge in [-0.1, -0.05) is 52.0 Å². The van der Waals surface area contributed by atoms with E-state index in [2.05, 4.69) is 15.6 Å². The fourth-order valence-electron chi connectivity index (χ4n) is 4.36. The predicted octanol–water partition coefficient (Wildman–Crippen LogP) is 3.89. The van der Waals surface area contributed by atoms with Crippen LogP contribution in [-0.2, 0) is 12.0 Å². The Morgan fingerprint density at radius 3 is 2.59 bits per heavy atom. The highest BCUT2D eigenvalue weighted by atomic mass is 32.1. The Kier molecular flexibility index (Phi) is 7.52. The zero-order chi connectivity index (χ0) is 26.9. The van der Waals surface area contributed by atoms with Crippen molar-refractivity contribution < 1.29 is 14.7 Å². The maximum absolute atomic E-state index is 13.4. The molecule has 4 aromatic rings. The molecule has 0 saturated carbocycles. The second kappa shape index (κ2) is 10.5. The largest absolute Gasteiger partial charge is 0.394 e. The number of nitrogen functional groups attached to an aromatic ring is 1. The van der Waals surface area contributed by atoms with Crippen molar-refractivity contribution in [1.82, 2.24) is 25.0 Å². The first kappa shape index (κ1) is 26.6. The van der Waals surface area contributed by atoms with E-state index >= 15 is 0 Å². The molecular formula is C27H34N6O3S. The van der Waals surface area contributed by atoms with Crippen LogP contribution in [0.2, 0.25) is 0 Å². The number of pyridine rings is 1. The van der Waals surface area contributed by atoms with Crippen LogP contribution in [-0.4, -0.2) is 43.9 Å². The zero-order valence-corrected chi connectivity index (χ0v) is 22.6. The number of hydrogen-bond acceptors (Lipinski definition) is 7. The topological polar surface area (TPSA) is 135 Å². The van der Waals surface area contributed by atoms with E-state index in [1.54, 1.807) is 22.7 Å².